The molecule has 0 amide bonds. The highest BCUT2D eigenvalue weighted by Gasteiger charge is 2.20. The summed E-state index contributed by atoms with van der Waals surface area (Å²) >= 11 is 1.35. The van der Waals surface area contributed by atoms with Gasteiger partial charge in [-0.2, -0.15) is 0 Å². The predicted octanol–water partition coefficient (Wildman–Crippen LogP) is 3.41. The minimum atomic E-state index is -0.324. The molecule has 0 fully saturated rings. The van der Waals surface area contributed by atoms with Gasteiger partial charge in [0.15, 0.2) is 5.96 Å². The highest BCUT2D eigenvalue weighted by atomic mass is 32.1. The van der Waals surface area contributed by atoms with Gasteiger partial charge in [0.25, 0.3) is 0 Å². The van der Waals surface area contributed by atoms with Crippen LogP contribution in [0.25, 0.3) is 0 Å². The molecule has 1 aromatic heterocycles. The lowest BCUT2D eigenvalue weighted by Gasteiger charge is -2.17. The summed E-state index contributed by atoms with van der Waals surface area (Å²) in [5.41, 5.74) is 3.04. The first-order valence-corrected chi connectivity index (χ1v) is 10.5. The number of aromatic nitrogens is 1. The Morgan fingerprint density at radius 3 is 2.76 bits per heavy atom. The number of nitrogens with zero attached hydrogens (tertiary/aromatic N) is 2. The molecule has 0 spiro atoms. The lowest BCUT2D eigenvalue weighted by Crippen LogP contribution is -2.39. The van der Waals surface area contributed by atoms with Crippen molar-refractivity contribution in [1.82, 2.24) is 15.6 Å². The summed E-state index contributed by atoms with van der Waals surface area (Å²) in [5.74, 6) is 1.24. The molecule has 1 atom stereocenters. The number of methoxy groups -OCH3 is 1. The summed E-state index contributed by atoms with van der Waals surface area (Å²) in [5, 5.41) is 7.46. The van der Waals surface area contributed by atoms with Gasteiger partial charge in [0.1, 0.15) is 15.6 Å². The van der Waals surface area contributed by atoms with Crippen LogP contribution in [0.3, 0.4) is 0 Å². The smallest absolute Gasteiger partial charge is 0.350 e. The molecule has 0 aliphatic carbocycles. The second-order valence-corrected chi connectivity index (χ2v) is 7.65. The lowest BCUT2D eigenvalue weighted by molar-refractivity contribution is 0.0531. The van der Waals surface area contributed by atoms with E-state index in [1.54, 1.807) is 21.1 Å². The monoisotopic (exact) mass is 418 g/mol. The largest absolute Gasteiger partial charge is 0.496 e. The van der Waals surface area contributed by atoms with Crippen molar-refractivity contribution in [2.45, 2.75) is 40.2 Å². The fraction of sp³-hybridized carbons (Fsp3) is 0.476. The molecule has 0 bridgehead atoms. The number of aryl methyl sites for hydroxylation is 2. The molecule has 1 unspecified atom stereocenters. The van der Waals surface area contributed by atoms with Crippen molar-refractivity contribution in [3.63, 3.8) is 0 Å². The van der Waals surface area contributed by atoms with Crippen LogP contribution in [0.1, 0.15) is 51.4 Å². The summed E-state index contributed by atoms with van der Waals surface area (Å²) in [6.07, 6.45) is 0.809. The lowest BCUT2D eigenvalue weighted by atomic mass is 10.1. The quantitative estimate of drug-likeness (QED) is 0.388. The van der Waals surface area contributed by atoms with Gasteiger partial charge in [-0.05, 0) is 45.7 Å². The molecular weight excluding hydrogens is 388 g/mol. The number of ether oxygens (including phenoxy) is 2. The predicted molar refractivity (Wildman–Crippen MR) is 117 cm³/mol. The van der Waals surface area contributed by atoms with Gasteiger partial charge in [0.05, 0.1) is 25.5 Å². The average molecular weight is 419 g/mol. The Kier molecular flexibility index (Phi) is 8.45. The number of carbonyl (C=O) groups is 1. The molecule has 29 heavy (non-hydrogen) atoms. The second kappa shape index (κ2) is 10.8. The Morgan fingerprint density at radius 1 is 1.34 bits per heavy atom. The van der Waals surface area contributed by atoms with Crippen LogP contribution >= 0.6 is 11.3 Å². The third kappa shape index (κ3) is 6.19. The molecule has 2 rings (SSSR count). The number of nitrogens with one attached hydrogen (secondary N) is 2. The fourth-order valence-electron chi connectivity index (χ4n) is 2.87. The van der Waals surface area contributed by atoms with E-state index >= 15 is 0 Å². The van der Waals surface area contributed by atoms with Gasteiger partial charge in [0.2, 0.25) is 0 Å². The highest BCUT2D eigenvalue weighted by molar-refractivity contribution is 7.13. The van der Waals surface area contributed by atoms with Crippen molar-refractivity contribution >= 4 is 23.3 Å². The van der Waals surface area contributed by atoms with Crippen LogP contribution in [0.15, 0.2) is 23.2 Å². The van der Waals surface area contributed by atoms with Crippen LogP contribution in [0.2, 0.25) is 0 Å². The number of hydrogen-bond acceptors (Lipinski definition) is 6. The molecule has 1 heterocycles. The number of carbonyl (C=O) groups excluding carboxylic acids is 1. The van der Waals surface area contributed by atoms with E-state index in [0.29, 0.717) is 29.7 Å². The summed E-state index contributed by atoms with van der Waals surface area (Å²) in [6.45, 7) is 8.73. The van der Waals surface area contributed by atoms with E-state index in [1.165, 1.54) is 16.9 Å². The Hall–Kier alpha value is -2.61. The van der Waals surface area contributed by atoms with E-state index in [9.17, 15) is 4.79 Å². The van der Waals surface area contributed by atoms with Crippen molar-refractivity contribution in [2.75, 3.05) is 27.3 Å². The SMILES string of the molecule is CCOC(=O)c1sc(C(C)NC(=NC)NCCc2cc(C)ccc2OC)nc1C. The number of thiazole rings is 1. The summed E-state index contributed by atoms with van der Waals surface area (Å²) in [4.78, 5) is 21.4. The van der Waals surface area contributed by atoms with E-state index in [0.717, 1.165) is 22.7 Å². The van der Waals surface area contributed by atoms with E-state index < -0.39 is 0 Å². The molecule has 0 saturated heterocycles. The number of aliphatic imine (C=N–C) groups is 1. The topological polar surface area (TPSA) is 84.8 Å². The molecule has 158 valence electrons. The van der Waals surface area contributed by atoms with Crippen molar-refractivity contribution in [1.29, 1.82) is 0 Å². The van der Waals surface area contributed by atoms with Crippen molar-refractivity contribution in [2.24, 2.45) is 4.99 Å². The van der Waals surface area contributed by atoms with Crippen molar-refractivity contribution < 1.29 is 14.3 Å². The Bertz CT molecular complexity index is 864. The maximum atomic E-state index is 12.0. The zero-order valence-electron chi connectivity index (χ0n) is 18.0. The minimum absolute atomic E-state index is 0.0958. The molecule has 0 saturated carbocycles. The molecular formula is C21H30N4O3S. The standard InChI is InChI=1S/C21H30N4O3S/c1-7-28-20(26)18-14(3)24-19(29-18)15(4)25-21(22-5)23-11-10-16-12-13(2)8-9-17(16)27-6/h8-9,12,15H,7,10-11H2,1-6H3,(H2,22,23,25). The molecule has 0 aliphatic rings. The van der Waals surface area contributed by atoms with Crippen molar-refractivity contribution in [3.05, 3.63) is 44.9 Å². The average Bonchev–Trinajstić information content (AvgIpc) is 3.09. The first-order valence-electron chi connectivity index (χ1n) is 9.64. The highest BCUT2D eigenvalue weighted by Crippen LogP contribution is 2.24. The molecule has 0 aliphatic heterocycles. The van der Waals surface area contributed by atoms with Crippen LogP contribution in [0.5, 0.6) is 5.75 Å². The summed E-state index contributed by atoms with van der Waals surface area (Å²) in [7, 11) is 3.41. The minimum Gasteiger partial charge on any atom is -0.496 e. The number of guanidine groups is 1. The van der Waals surface area contributed by atoms with Gasteiger partial charge < -0.3 is 20.1 Å². The van der Waals surface area contributed by atoms with Crippen LogP contribution in [-0.4, -0.2) is 44.2 Å². The van der Waals surface area contributed by atoms with Crippen LogP contribution < -0.4 is 15.4 Å². The normalized spacial score (nSPS) is 12.4. The Balaban J connectivity index is 1.96. The Morgan fingerprint density at radius 2 is 2.10 bits per heavy atom. The van der Waals surface area contributed by atoms with E-state index in [-0.39, 0.29) is 12.0 Å². The first kappa shape index (κ1) is 22.7. The number of hydrogen-bond donors (Lipinski definition) is 2. The van der Waals surface area contributed by atoms with Gasteiger partial charge in [-0.15, -0.1) is 11.3 Å². The first-order chi connectivity index (χ1) is 13.9. The van der Waals surface area contributed by atoms with Gasteiger partial charge >= 0.3 is 5.97 Å². The van der Waals surface area contributed by atoms with Gasteiger partial charge in [0, 0.05) is 13.6 Å². The molecule has 7 nitrogen and oxygen atoms in total. The van der Waals surface area contributed by atoms with E-state index in [4.69, 9.17) is 9.47 Å². The maximum absolute atomic E-state index is 12.0. The third-order valence-electron chi connectivity index (χ3n) is 4.34. The zero-order chi connectivity index (χ0) is 21.4. The zero-order valence-corrected chi connectivity index (χ0v) is 18.8. The van der Waals surface area contributed by atoms with E-state index in [2.05, 4.69) is 33.6 Å². The summed E-state index contributed by atoms with van der Waals surface area (Å²) in [6, 6.07) is 6.07. The fourth-order valence-corrected chi connectivity index (χ4v) is 3.83. The maximum Gasteiger partial charge on any atom is 0.350 e. The molecule has 1 aromatic carbocycles. The molecule has 0 radical (unpaired) electrons. The van der Waals surface area contributed by atoms with Gasteiger partial charge in [-0.25, -0.2) is 9.78 Å². The van der Waals surface area contributed by atoms with Crippen LogP contribution in [0.4, 0.5) is 0 Å². The number of benzene rings is 1. The second-order valence-electron chi connectivity index (χ2n) is 6.62. The molecule has 8 heteroatoms. The van der Waals surface area contributed by atoms with Gasteiger partial charge in [-0.1, -0.05) is 17.7 Å². The van der Waals surface area contributed by atoms with Crippen LogP contribution in [0, 0.1) is 13.8 Å². The van der Waals surface area contributed by atoms with E-state index in [1.807, 2.05) is 26.0 Å². The van der Waals surface area contributed by atoms with Gasteiger partial charge in [-0.3, -0.25) is 4.99 Å². The third-order valence-corrected chi connectivity index (χ3v) is 5.66. The van der Waals surface area contributed by atoms with Crippen molar-refractivity contribution in [3.8, 4) is 5.75 Å². The summed E-state index contributed by atoms with van der Waals surface area (Å²) < 4.78 is 10.5. The van der Waals surface area contributed by atoms with Crippen LogP contribution in [-0.2, 0) is 11.2 Å². The number of rotatable bonds is 8. The molecule has 2 N–H and O–H groups in total. The number of esters is 1. The Labute approximate surface area is 176 Å². The molecule has 2 aromatic rings.